The molecule has 136 valence electrons. The number of rotatable bonds is 3. The van der Waals surface area contributed by atoms with Crippen molar-refractivity contribution in [2.24, 2.45) is 0 Å². The van der Waals surface area contributed by atoms with Crippen LogP contribution in [0.5, 0.6) is 0 Å². The third-order valence-electron chi connectivity index (χ3n) is 5.16. The van der Waals surface area contributed by atoms with Gasteiger partial charge in [0.25, 0.3) is 0 Å². The maximum absolute atomic E-state index is 13.3. The summed E-state index contributed by atoms with van der Waals surface area (Å²) in [6, 6.07) is 6.55. The fourth-order valence-electron chi connectivity index (χ4n) is 3.86. The lowest BCUT2D eigenvalue weighted by molar-refractivity contribution is 0.499. The van der Waals surface area contributed by atoms with Crippen molar-refractivity contribution in [1.82, 2.24) is 30.1 Å². The summed E-state index contributed by atoms with van der Waals surface area (Å²) >= 11 is 0. The lowest BCUT2D eigenvalue weighted by atomic mass is 9.90. The molecule has 0 bridgehead atoms. The molecule has 0 radical (unpaired) electrons. The molecule has 2 N–H and O–H groups in total. The monoisotopic (exact) mass is 363 g/mol. The molecule has 7 nitrogen and oxygen atoms in total. The third-order valence-corrected chi connectivity index (χ3v) is 5.16. The van der Waals surface area contributed by atoms with E-state index >= 15 is 0 Å². The van der Waals surface area contributed by atoms with Crippen LogP contribution in [0.1, 0.15) is 24.5 Å². The standard InChI is InChI=1S/C19H18FN7/c20-14-5-3-12(4-6-14)15-8-25-26-16(15)13-2-1-7-27(9-13)19-17-18(22-10-21-17)23-11-24-19/h3-6,8,10-11,13H,1-2,7,9H2,(H,25,26)(H,21,22,23,24)/t13-/m0/s1. The number of hydrogen-bond acceptors (Lipinski definition) is 5. The van der Waals surface area contributed by atoms with Crippen molar-refractivity contribution < 1.29 is 4.39 Å². The van der Waals surface area contributed by atoms with Crippen LogP contribution in [0.25, 0.3) is 22.3 Å². The molecule has 0 unspecified atom stereocenters. The molecule has 0 amide bonds. The number of nitrogens with one attached hydrogen (secondary N) is 2. The Morgan fingerprint density at radius 1 is 1.11 bits per heavy atom. The Balaban J connectivity index is 1.46. The smallest absolute Gasteiger partial charge is 0.182 e. The van der Waals surface area contributed by atoms with Crippen LogP contribution >= 0.6 is 0 Å². The average molecular weight is 363 g/mol. The predicted molar refractivity (Wildman–Crippen MR) is 99.9 cm³/mol. The Hall–Kier alpha value is -3.29. The first-order chi connectivity index (χ1) is 13.3. The van der Waals surface area contributed by atoms with E-state index in [-0.39, 0.29) is 11.7 Å². The van der Waals surface area contributed by atoms with Crippen LogP contribution in [0.4, 0.5) is 10.2 Å². The largest absolute Gasteiger partial charge is 0.354 e. The molecule has 4 heterocycles. The van der Waals surface area contributed by atoms with E-state index in [0.717, 1.165) is 54.1 Å². The van der Waals surface area contributed by atoms with Gasteiger partial charge in [0.2, 0.25) is 0 Å². The van der Waals surface area contributed by atoms with Gasteiger partial charge in [0.1, 0.15) is 17.7 Å². The van der Waals surface area contributed by atoms with Crippen molar-refractivity contribution in [3.8, 4) is 11.1 Å². The highest BCUT2D eigenvalue weighted by Gasteiger charge is 2.27. The second-order valence-electron chi connectivity index (χ2n) is 6.79. The van der Waals surface area contributed by atoms with E-state index in [4.69, 9.17) is 0 Å². The van der Waals surface area contributed by atoms with E-state index in [1.807, 2.05) is 6.20 Å². The summed E-state index contributed by atoms with van der Waals surface area (Å²) < 4.78 is 13.3. The number of fused-ring (bicyclic) bond motifs is 1. The van der Waals surface area contributed by atoms with Crippen LogP contribution in [-0.2, 0) is 0 Å². The predicted octanol–water partition coefficient (Wildman–Crippen LogP) is 3.27. The minimum absolute atomic E-state index is 0.236. The first-order valence-corrected chi connectivity index (χ1v) is 8.98. The van der Waals surface area contributed by atoms with E-state index in [1.54, 1.807) is 24.8 Å². The van der Waals surface area contributed by atoms with Gasteiger partial charge in [-0.2, -0.15) is 5.10 Å². The van der Waals surface area contributed by atoms with Gasteiger partial charge in [0.15, 0.2) is 11.5 Å². The molecule has 1 fully saturated rings. The third kappa shape index (κ3) is 2.83. The van der Waals surface area contributed by atoms with Crippen molar-refractivity contribution in [2.75, 3.05) is 18.0 Å². The lowest BCUT2D eigenvalue weighted by Crippen LogP contribution is -2.35. The summed E-state index contributed by atoms with van der Waals surface area (Å²) in [5.74, 6) is 0.930. The number of H-pyrrole nitrogens is 2. The Morgan fingerprint density at radius 3 is 2.89 bits per heavy atom. The number of benzene rings is 1. The minimum Gasteiger partial charge on any atom is -0.354 e. The summed E-state index contributed by atoms with van der Waals surface area (Å²) in [6.07, 6.45) is 7.13. The Bertz CT molecular complexity index is 1070. The van der Waals surface area contributed by atoms with E-state index in [2.05, 4.69) is 35.0 Å². The van der Waals surface area contributed by atoms with Gasteiger partial charge in [-0.15, -0.1) is 0 Å². The van der Waals surface area contributed by atoms with Crippen LogP contribution in [0, 0.1) is 5.82 Å². The van der Waals surface area contributed by atoms with Gasteiger partial charge < -0.3 is 9.88 Å². The van der Waals surface area contributed by atoms with Crippen molar-refractivity contribution in [3.63, 3.8) is 0 Å². The fourth-order valence-corrected chi connectivity index (χ4v) is 3.86. The van der Waals surface area contributed by atoms with E-state index in [0.29, 0.717) is 5.65 Å². The van der Waals surface area contributed by atoms with Crippen molar-refractivity contribution in [2.45, 2.75) is 18.8 Å². The van der Waals surface area contributed by atoms with Gasteiger partial charge in [-0.25, -0.2) is 19.3 Å². The molecular formula is C19H18FN7. The topological polar surface area (TPSA) is 86.4 Å². The molecule has 0 saturated carbocycles. The molecular weight excluding hydrogens is 345 g/mol. The molecule has 1 aliphatic rings. The summed E-state index contributed by atoms with van der Waals surface area (Å²) in [5, 5.41) is 7.43. The van der Waals surface area contributed by atoms with Crippen molar-refractivity contribution >= 4 is 17.0 Å². The molecule has 1 aromatic carbocycles. The molecule has 1 saturated heterocycles. The summed E-state index contributed by atoms with van der Waals surface area (Å²) in [7, 11) is 0. The molecule has 1 aliphatic heterocycles. The van der Waals surface area contributed by atoms with Gasteiger partial charge in [-0.3, -0.25) is 5.10 Å². The zero-order valence-corrected chi connectivity index (χ0v) is 14.6. The maximum atomic E-state index is 13.3. The normalized spacial score (nSPS) is 17.5. The Labute approximate surface area is 154 Å². The first kappa shape index (κ1) is 15.9. The number of anilines is 1. The van der Waals surface area contributed by atoms with Gasteiger partial charge in [-0.1, -0.05) is 12.1 Å². The number of aromatic amines is 2. The summed E-state index contributed by atoms with van der Waals surface area (Å²) in [5.41, 5.74) is 4.62. The molecule has 0 spiro atoms. The van der Waals surface area contributed by atoms with Crippen LogP contribution in [0.15, 0.2) is 43.1 Å². The molecule has 1 atom stereocenters. The van der Waals surface area contributed by atoms with E-state index in [9.17, 15) is 4.39 Å². The summed E-state index contributed by atoms with van der Waals surface area (Å²) in [6.45, 7) is 1.75. The minimum atomic E-state index is -0.236. The summed E-state index contributed by atoms with van der Waals surface area (Å²) in [4.78, 5) is 18.3. The quantitative estimate of drug-likeness (QED) is 0.583. The average Bonchev–Trinajstić information content (AvgIpc) is 3.38. The van der Waals surface area contributed by atoms with Crippen LogP contribution in [-0.4, -0.2) is 43.2 Å². The van der Waals surface area contributed by atoms with Gasteiger partial charge in [0.05, 0.1) is 12.5 Å². The number of piperidine rings is 1. The van der Waals surface area contributed by atoms with Gasteiger partial charge in [0, 0.05) is 30.3 Å². The Morgan fingerprint density at radius 2 is 2.00 bits per heavy atom. The number of nitrogens with zero attached hydrogens (tertiary/aromatic N) is 5. The molecule has 5 rings (SSSR count). The Kier molecular flexibility index (Phi) is 3.81. The SMILES string of the molecule is Fc1ccc(-c2cn[nH]c2[C@H]2CCCN(c3ncnc4nc[nH]c34)C2)cc1. The lowest BCUT2D eigenvalue weighted by Gasteiger charge is -2.33. The first-order valence-electron chi connectivity index (χ1n) is 8.98. The highest BCUT2D eigenvalue weighted by atomic mass is 19.1. The zero-order valence-electron chi connectivity index (χ0n) is 14.6. The second-order valence-corrected chi connectivity index (χ2v) is 6.79. The van der Waals surface area contributed by atoms with Crippen LogP contribution in [0.3, 0.4) is 0 Å². The number of hydrogen-bond donors (Lipinski definition) is 2. The fraction of sp³-hybridized carbons (Fsp3) is 0.263. The zero-order chi connectivity index (χ0) is 18.2. The molecule has 3 aromatic heterocycles. The van der Waals surface area contributed by atoms with Gasteiger partial charge in [-0.05, 0) is 30.5 Å². The number of imidazole rings is 1. The van der Waals surface area contributed by atoms with E-state index in [1.165, 1.54) is 12.1 Å². The van der Waals surface area contributed by atoms with Crippen molar-refractivity contribution in [3.05, 3.63) is 54.6 Å². The van der Waals surface area contributed by atoms with E-state index < -0.39 is 0 Å². The number of aromatic nitrogens is 6. The van der Waals surface area contributed by atoms with Gasteiger partial charge >= 0.3 is 0 Å². The van der Waals surface area contributed by atoms with Crippen molar-refractivity contribution in [1.29, 1.82) is 0 Å². The molecule has 0 aliphatic carbocycles. The molecule has 27 heavy (non-hydrogen) atoms. The maximum Gasteiger partial charge on any atom is 0.182 e. The van der Waals surface area contributed by atoms with Crippen LogP contribution in [0.2, 0.25) is 0 Å². The molecule has 8 heteroatoms. The second kappa shape index (κ2) is 6.46. The number of halogens is 1. The molecule has 4 aromatic rings. The highest BCUT2D eigenvalue weighted by molar-refractivity contribution is 5.82. The highest BCUT2D eigenvalue weighted by Crippen LogP contribution is 2.35. The van der Waals surface area contributed by atoms with Crippen LogP contribution < -0.4 is 4.90 Å².